The molecule has 0 saturated carbocycles. The van der Waals surface area contributed by atoms with E-state index in [1.54, 1.807) is 0 Å². The molecule has 0 aliphatic heterocycles. The van der Waals surface area contributed by atoms with Gasteiger partial charge in [-0.25, -0.2) is 0 Å². The second-order valence-corrected chi connectivity index (χ2v) is 1.00. The summed E-state index contributed by atoms with van der Waals surface area (Å²) in [7, 11) is 0. The molecule has 0 aliphatic rings. The van der Waals surface area contributed by atoms with Gasteiger partial charge in [0.05, 0.1) is 0 Å². The topological polar surface area (TPSA) is 0 Å². The summed E-state index contributed by atoms with van der Waals surface area (Å²) in [5, 5.41) is 0. The van der Waals surface area contributed by atoms with Crippen molar-refractivity contribution in [3.05, 3.63) is 0 Å². The van der Waals surface area contributed by atoms with Crippen LogP contribution in [0.4, 0.5) is 0 Å². The van der Waals surface area contributed by atoms with Crippen LogP contribution in [-0.2, 0) is 0 Å². The molecule has 0 saturated heterocycles. The van der Waals surface area contributed by atoms with Crippen LogP contribution in [0, 0.1) is 9.79 Å². The molecule has 0 aliphatic carbocycles. The van der Waals surface area contributed by atoms with Crippen molar-refractivity contribution < 1.29 is 0 Å². The first kappa shape index (κ1) is 4.38. The van der Waals surface area contributed by atoms with Gasteiger partial charge in [0.15, 0.2) is 0 Å². The van der Waals surface area contributed by atoms with Crippen molar-refractivity contribution in [3.8, 4) is 9.79 Å². The average molecular weight is 161 g/mol. The van der Waals surface area contributed by atoms with Crippen LogP contribution in [0.5, 0.6) is 0 Å². The van der Waals surface area contributed by atoms with E-state index in [2.05, 4.69) is 9.79 Å². The van der Waals surface area contributed by atoms with E-state index < -0.39 is 0 Å². The quantitative estimate of drug-likeness (QED) is 0.350. The van der Waals surface area contributed by atoms with Crippen LogP contribution in [0.2, 0.25) is 0 Å². The van der Waals surface area contributed by atoms with Gasteiger partial charge in [-0.15, -0.1) is 0 Å². The van der Waals surface area contributed by atoms with Crippen molar-refractivity contribution in [3.63, 3.8) is 0 Å². The maximum absolute atomic E-state index is 2.73. The van der Waals surface area contributed by atoms with Crippen LogP contribution in [0.25, 0.3) is 0 Å². The monoisotopic (exact) mass is 160 g/mol. The molecule has 20 valence electrons. The van der Waals surface area contributed by atoms with Gasteiger partial charge < -0.3 is 0 Å². The van der Waals surface area contributed by atoms with Gasteiger partial charge in [-0.3, -0.25) is 0 Å². The Bertz CT molecular complexity index is 40.0. The minimum absolute atomic E-state index is 1.53. The van der Waals surface area contributed by atoms with E-state index in [9.17, 15) is 0 Å². The summed E-state index contributed by atoms with van der Waals surface area (Å²) in [4.78, 5) is 0. The molecule has 4 heavy (non-hydrogen) atoms. The van der Waals surface area contributed by atoms with E-state index in [1.807, 2.05) is 6.92 Å². The molecule has 2 radical (unpaired) electrons. The second kappa shape index (κ2) is 3.38. The summed E-state index contributed by atoms with van der Waals surface area (Å²) >= 11 is 1.53. The fraction of sp³-hybridized carbons (Fsp3) is 0.333. The van der Waals surface area contributed by atoms with Crippen molar-refractivity contribution in [2.75, 3.05) is 0 Å². The predicted octanol–water partition coefficient (Wildman–Crippen LogP) is 0.136. The van der Waals surface area contributed by atoms with Gasteiger partial charge in [-0.2, -0.15) is 0 Å². The first-order valence-electron chi connectivity index (χ1n) is 0.974. The van der Waals surface area contributed by atoms with E-state index in [0.29, 0.717) is 0 Å². The van der Waals surface area contributed by atoms with Gasteiger partial charge in [0.25, 0.3) is 0 Å². The van der Waals surface area contributed by atoms with Gasteiger partial charge in [0, 0.05) is 0 Å². The van der Waals surface area contributed by atoms with Crippen LogP contribution in [0.3, 0.4) is 0 Å². The Morgan fingerprint density at radius 1 is 1.75 bits per heavy atom. The van der Waals surface area contributed by atoms with E-state index in [4.69, 9.17) is 0 Å². The normalized spacial score (nSPS) is 3.50. The van der Waals surface area contributed by atoms with Crippen molar-refractivity contribution in [2.45, 2.75) is 6.92 Å². The molecule has 0 spiro atoms. The molecule has 0 atom stereocenters. The van der Waals surface area contributed by atoms with Crippen LogP contribution in [-0.4, -0.2) is 23.0 Å². The zero-order valence-corrected chi connectivity index (χ0v) is 5.00. The number of rotatable bonds is 0. The van der Waals surface area contributed by atoms with Gasteiger partial charge in [-0.1, -0.05) is 0 Å². The maximum atomic E-state index is 2.73. The molecule has 0 nitrogen and oxygen atoms in total. The molecule has 0 aromatic rings. The van der Waals surface area contributed by atoms with Crippen LogP contribution < -0.4 is 0 Å². The molecule has 0 heterocycles. The van der Waals surface area contributed by atoms with E-state index in [-0.39, 0.29) is 0 Å². The predicted molar refractivity (Wildman–Crippen MR) is 19.2 cm³/mol. The van der Waals surface area contributed by atoms with Gasteiger partial charge in [-0.05, 0) is 0 Å². The summed E-state index contributed by atoms with van der Waals surface area (Å²) in [5.41, 5.74) is 0. The fourth-order valence-electron chi connectivity index (χ4n) is 0. The third-order valence-corrected chi connectivity index (χ3v) is 0.750. The summed E-state index contributed by atoms with van der Waals surface area (Å²) in [6, 6.07) is 0. The zero-order valence-electron chi connectivity index (χ0n) is 2.45. The van der Waals surface area contributed by atoms with Crippen molar-refractivity contribution in [2.24, 2.45) is 0 Å². The van der Waals surface area contributed by atoms with Gasteiger partial charge in [0.2, 0.25) is 0 Å². The number of hydrogen-bond acceptors (Lipinski definition) is 0. The van der Waals surface area contributed by atoms with Crippen LogP contribution in [0.15, 0.2) is 0 Å². The first-order chi connectivity index (χ1) is 1.91. The Kier molecular flexibility index (Phi) is 3.70. The molecular weight excluding hydrogens is 158 g/mol. The van der Waals surface area contributed by atoms with E-state index in [1.165, 1.54) is 23.0 Å². The molecule has 0 rings (SSSR count). The SMILES string of the molecule is CC#[C][Sb]. The van der Waals surface area contributed by atoms with Gasteiger partial charge in [0.1, 0.15) is 0 Å². The summed E-state index contributed by atoms with van der Waals surface area (Å²) in [6.07, 6.45) is 0. The Balaban J connectivity index is 2.83. The van der Waals surface area contributed by atoms with Crippen molar-refractivity contribution in [1.29, 1.82) is 0 Å². The Morgan fingerprint density at radius 3 is 2.00 bits per heavy atom. The Morgan fingerprint density at radius 2 is 2.00 bits per heavy atom. The number of hydrogen-bond donors (Lipinski definition) is 0. The summed E-state index contributed by atoms with van der Waals surface area (Å²) in [6.45, 7) is 1.83. The first-order valence-corrected chi connectivity index (χ1v) is 2.25. The molecule has 0 amide bonds. The van der Waals surface area contributed by atoms with Crippen LogP contribution in [0.1, 0.15) is 6.92 Å². The van der Waals surface area contributed by atoms with Crippen molar-refractivity contribution >= 4 is 23.0 Å². The van der Waals surface area contributed by atoms with Crippen molar-refractivity contribution in [1.82, 2.24) is 0 Å². The molecule has 0 fully saturated rings. The summed E-state index contributed by atoms with van der Waals surface area (Å²) < 4.78 is 2.73. The Labute approximate surface area is 40.1 Å². The molecule has 0 aromatic carbocycles. The minimum atomic E-state index is 1.53. The molecule has 0 unspecified atom stereocenters. The average Bonchev–Trinajstić information content (AvgIpc) is 1.37. The second-order valence-electron chi connectivity index (χ2n) is 0.362. The van der Waals surface area contributed by atoms with E-state index in [0.717, 1.165) is 0 Å². The third kappa shape index (κ3) is 2.38. The molecule has 1 heteroatoms. The molecule has 0 N–H and O–H groups in total. The molecular formula is C3H3Sb. The standard InChI is InChI=1S/C3H3.Sb/c1-3-2;/h1H3;. The van der Waals surface area contributed by atoms with Crippen LogP contribution >= 0.6 is 0 Å². The van der Waals surface area contributed by atoms with E-state index >= 15 is 0 Å². The zero-order chi connectivity index (χ0) is 3.41. The molecule has 0 aromatic heterocycles. The Hall–Kier alpha value is 0.378. The fourth-order valence-corrected chi connectivity index (χ4v) is 0. The summed E-state index contributed by atoms with van der Waals surface area (Å²) in [5.74, 6) is 2.70. The molecule has 0 bridgehead atoms. The van der Waals surface area contributed by atoms with Gasteiger partial charge >= 0.3 is 39.7 Å². The third-order valence-electron chi connectivity index (χ3n) is 0.112.